The Morgan fingerprint density at radius 3 is 2.79 bits per heavy atom. The summed E-state index contributed by atoms with van der Waals surface area (Å²) in [6.45, 7) is 2.75. The van der Waals surface area contributed by atoms with Crippen LogP contribution < -0.4 is 10.2 Å². The monoisotopic (exact) mass is 333 g/mol. The second-order valence-corrected chi connectivity index (χ2v) is 6.10. The van der Waals surface area contributed by atoms with Crippen LogP contribution in [0.4, 0.5) is 10.5 Å². The van der Waals surface area contributed by atoms with Gasteiger partial charge in [-0.3, -0.25) is 9.59 Å². The normalized spacial score (nSPS) is 15.2. The maximum absolute atomic E-state index is 12.0. The topological polar surface area (TPSA) is 90.0 Å². The Bertz CT molecular complexity index is 632. The molecule has 1 aromatic carbocycles. The van der Waals surface area contributed by atoms with Gasteiger partial charge in [0, 0.05) is 38.8 Å². The largest absolute Gasteiger partial charge is 0.481 e. The van der Waals surface area contributed by atoms with E-state index >= 15 is 0 Å². The third-order valence-electron chi connectivity index (χ3n) is 4.06. The van der Waals surface area contributed by atoms with Crippen LogP contribution in [-0.2, 0) is 16.1 Å². The fourth-order valence-electron chi connectivity index (χ4n) is 2.64. The van der Waals surface area contributed by atoms with E-state index in [9.17, 15) is 14.4 Å². The van der Waals surface area contributed by atoms with Gasteiger partial charge in [0.05, 0.1) is 5.92 Å². The van der Waals surface area contributed by atoms with Crippen molar-refractivity contribution in [1.29, 1.82) is 0 Å². The summed E-state index contributed by atoms with van der Waals surface area (Å²) < 4.78 is 0. The highest BCUT2D eigenvalue weighted by Gasteiger charge is 2.22. The van der Waals surface area contributed by atoms with Gasteiger partial charge in [0.25, 0.3) is 0 Å². The van der Waals surface area contributed by atoms with Crippen molar-refractivity contribution in [2.24, 2.45) is 5.92 Å². The van der Waals surface area contributed by atoms with Crippen LogP contribution in [0.2, 0.25) is 0 Å². The summed E-state index contributed by atoms with van der Waals surface area (Å²) in [6.07, 6.45) is 1.44. The molecule has 1 fully saturated rings. The average Bonchev–Trinajstić information content (AvgIpc) is 2.98. The van der Waals surface area contributed by atoms with Crippen LogP contribution in [-0.4, -0.2) is 48.1 Å². The Hall–Kier alpha value is -2.57. The molecule has 24 heavy (non-hydrogen) atoms. The van der Waals surface area contributed by atoms with Gasteiger partial charge in [-0.1, -0.05) is 19.1 Å². The van der Waals surface area contributed by atoms with E-state index in [0.717, 1.165) is 24.2 Å². The lowest BCUT2D eigenvalue weighted by Crippen LogP contribution is -2.40. The molecule has 0 bridgehead atoms. The fourth-order valence-corrected chi connectivity index (χ4v) is 2.64. The van der Waals surface area contributed by atoms with Crippen molar-refractivity contribution in [2.45, 2.75) is 26.3 Å². The molecule has 1 unspecified atom stereocenters. The van der Waals surface area contributed by atoms with Crippen LogP contribution >= 0.6 is 0 Å². The highest BCUT2D eigenvalue weighted by molar-refractivity contribution is 5.95. The zero-order valence-corrected chi connectivity index (χ0v) is 14.0. The molecule has 1 heterocycles. The summed E-state index contributed by atoms with van der Waals surface area (Å²) in [5, 5.41) is 11.6. The number of carboxylic acids is 1. The number of carbonyl (C=O) groups is 3. The van der Waals surface area contributed by atoms with Crippen molar-refractivity contribution in [3.05, 3.63) is 29.8 Å². The van der Waals surface area contributed by atoms with Gasteiger partial charge >= 0.3 is 12.0 Å². The van der Waals surface area contributed by atoms with Crippen molar-refractivity contribution in [2.75, 3.05) is 25.0 Å². The number of benzene rings is 1. The first kappa shape index (κ1) is 17.8. The van der Waals surface area contributed by atoms with Crippen LogP contribution in [0.1, 0.15) is 25.3 Å². The summed E-state index contributed by atoms with van der Waals surface area (Å²) in [4.78, 5) is 37.8. The average molecular weight is 333 g/mol. The van der Waals surface area contributed by atoms with Crippen LogP contribution in [0, 0.1) is 5.92 Å². The molecule has 7 heteroatoms. The van der Waals surface area contributed by atoms with Gasteiger partial charge < -0.3 is 20.2 Å². The minimum Gasteiger partial charge on any atom is -0.481 e. The molecule has 1 saturated heterocycles. The van der Waals surface area contributed by atoms with Crippen LogP contribution in [0.15, 0.2) is 24.3 Å². The van der Waals surface area contributed by atoms with Crippen LogP contribution in [0.5, 0.6) is 0 Å². The molecule has 0 spiro atoms. The van der Waals surface area contributed by atoms with Crippen molar-refractivity contribution >= 4 is 23.6 Å². The Morgan fingerprint density at radius 1 is 1.42 bits per heavy atom. The number of aliphatic carboxylic acids is 1. The lowest BCUT2D eigenvalue weighted by atomic mass is 10.2. The molecule has 2 N–H and O–H groups in total. The second kappa shape index (κ2) is 7.81. The molecule has 0 saturated carbocycles. The maximum atomic E-state index is 12.0. The summed E-state index contributed by atoms with van der Waals surface area (Å²) in [5.74, 6) is -1.43. The predicted octanol–water partition coefficient (Wildman–Crippen LogP) is 1.68. The fraction of sp³-hybridized carbons (Fsp3) is 0.471. The SMILES string of the molecule is CC(CN(C)C(=O)NCc1cccc(N2CCCC2=O)c1)C(=O)O. The van der Waals surface area contributed by atoms with Gasteiger partial charge in [-0.25, -0.2) is 4.79 Å². The van der Waals surface area contributed by atoms with E-state index in [2.05, 4.69) is 5.32 Å². The van der Waals surface area contributed by atoms with E-state index in [1.54, 1.807) is 18.9 Å². The van der Waals surface area contributed by atoms with E-state index < -0.39 is 11.9 Å². The van der Waals surface area contributed by atoms with E-state index in [1.165, 1.54) is 4.90 Å². The molecule has 0 radical (unpaired) electrons. The molecule has 7 nitrogen and oxygen atoms in total. The highest BCUT2D eigenvalue weighted by Crippen LogP contribution is 2.22. The van der Waals surface area contributed by atoms with Gasteiger partial charge in [-0.15, -0.1) is 0 Å². The Kier molecular flexibility index (Phi) is 5.78. The van der Waals surface area contributed by atoms with E-state index in [1.807, 2.05) is 24.3 Å². The van der Waals surface area contributed by atoms with Crippen molar-refractivity contribution in [1.82, 2.24) is 10.2 Å². The zero-order chi connectivity index (χ0) is 17.7. The van der Waals surface area contributed by atoms with Crippen LogP contribution in [0.25, 0.3) is 0 Å². The van der Waals surface area contributed by atoms with Gasteiger partial charge in [0.15, 0.2) is 0 Å². The summed E-state index contributed by atoms with van der Waals surface area (Å²) >= 11 is 0. The van der Waals surface area contributed by atoms with Gasteiger partial charge in [0.2, 0.25) is 5.91 Å². The molecule has 2 rings (SSSR count). The lowest BCUT2D eigenvalue weighted by molar-refractivity contribution is -0.141. The van der Waals surface area contributed by atoms with Crippen molar-refractivity contribution in [3.8, 4) is 0 Å². The molecule has 130 valence electrons. The number of urea groups is 1. The Balaban J connectivity index is 1.91. The van der Waals surface area contributed by atoms with Gasteiger partial charge in [0.1, 0.15) is 0 Å². The molecule has 1 aliphatic heterocycles. The highest BCUT2D eigenvalue weighted by atomic mass is 16.4. The minimum atomic E-state index is -0.933. The standard InChI is InChI=1S/C17H23N3O4/c1-12(16(22)23)11-19(2)17(24)18-10-13-5-3-6-14(9-13)20-8-4-7-15(20)21/h3,5-6,9,12H,4,7-8,10-11H2,1-2H3,(H,18,24)(H,22,23). The van der Waals surface area contributed by atoms with Gasteiger partial charge in [-0.2, -0.15) is 0 Å². The summed E-state index contributed by atoms with van der Waals surface area (Å²) in [7, 11) is 1.56. The van der Waals surface area contributed by atoms with Crippen molar-refractivity contribution in [3.63, 3.8) is 0 Å². The van der Waals surface area contributed by atoms with E-state index in [-0.39, 0.29) is 18.5 Å². The number of amides is 3. The lowest BCUT2D eigenvalue weighted by Gasteiger charge is -2.20. The molecular weight excluding hydrogens is 310 g/mol. The Labute approximate surface area is 141 Å². The van der Waals surface area contributed by atoms with E-state index in [4.69, 9.17) is 5.11 Å². The number of anilines is 1. The van der Waals surface area contributed by atoms with Crippen LogP contribution in [0.3, 0.4) is 0 Å². The number of hydrogen-bond donors (Lipinski definition) is 2. The first-order valence-corrected chi connectivity index (χ1v) is 7.99. The second-order valence-electron chi connectivity index (χ2n) is 6.10. The summed E-state index contributed by atoms with van der Waals surface area (Å²) in [6, 6.07) is 7.19. The molecule has 0 aromatic heterocycles. The molecule has 1 atom stereocenters. The molecule has 1 aromatic rings. The third kappa shape index (κ3) is 4.47. The van der Waals surface area contributed by atoms with Crippen molar-refractivity contribution < 1.29 is 19.5 Å². The van der Waals surface area contributed by atoms with E-state index in [0.29, 0.717) is 13.0 Å². The summed E-state index contributed by atoms with van der Waals surface area (Å²) in [5.41, 5.74) is 1.73. The number of nitrogens with zero attached hydrogens (tertiary/aromatic N) is 2. The predicted molar refractivity (Wildman–Crippen MR) is 89.7 cm³/mol. The number of hydrogen-bond acceptors (Lipinski definition) is 3. The zero-order valence-electron chi connectivity index (χ0n) is 14.0. The maximum Gasteiger partial charge on any atom is 0.317 e. The number of carbonyl (C=O) groups excluding carboxylic acids is 2. The molecule has 3 amide bonds. The Morgan fingerprint density at radius 2 is 2.17 bits per heavy atom. The first-order valence-electron chi connectivity index (χ1n) is 7.99. The minimum absolute atomic E-state index is 0.124. The molecule has 0 aliphatic carbocycles. The van der Waals surface area contributed by atoms with Gasteiger partial charge in [-0.05, 0) is 24.1 Å². The number of carboxylic acid groups (broad SMARTS) is 1. The molecular formula is C17H23N3O4. The number of rotatable bonds is 6. The number of nitrogens with one attached hydrogen (secondary N) is 1. The molecule has 1 aliphatic rings. The smallest absolute Gasteiger partial charge is 0.317 e. The first-order chi connectivity index (χ1) is 11.4. The third-order valence-corrected chi connectivity index (χ3v) is 4.06. The quantitative estimate of drug-likeness (QED) is 0.829.